The molecule has 0 amide bonds. The molecule has 30 heavy (non-hydrogen) atoms. The normalized spacial score (nSPS) is 10.6. The van der Waals surface area contributed by atoms with E-state index in [1.165, 1.54) is 0 Å². The second-order valence-electron chi connectivity index (χ2n) is 7.30. The summed E-state index contributed by atoms with van der Waals surface area (Å²) in [6, 6.07) is 27.9. The Morgan fingerprint density at radius 2 is 1.57 bits per heavy atom. The Balaban J connectivity index is 1.68. The smallest absolute Gasteiger partial charge is 0.254 e. The van der Waals surface area contributed by atoms with Crippen LogP contribution in [0, 0.1) is 25.2 Å². The third-order valence-electron chi connectivity index (χ3n) is 5.18. The third-order valence-corrected chi connectivity index (χ3v) is 5.18. The fourth-order valence-corrected chi connectivity index (χ4v) is 3.62. The molecule has 0 spiro atoms. The van der Waals surface area contributed by atoms with Crippen LogP contribution < -0.4 is 5.56 Å². The van der Waals surface area contributed by atoms with Crippen molar-refractivity contribution in [2.45, 2.75) is 20.4 Å². The molecular formula is C26H21N3O. The molecule has 4 heteroatoms. The number of nitriles is 1. The highest BCUT2D eigenvalue weighted by Gasteiger charge is 2.09. The molecule has 4 aromatic rings. The van der Waals surface area contributed by atoms with E-state index in [-0.39, 0.29) is 5.56 Å². The van der Waals surface area contributed by atoms with Crippen molar-refractivity contribution in [3.63, 3.8) is 0 Å². The van der Waals surface area contributed by atoms with Gasteiger partial charge in [-0.05, 0) is 48.2 Å². The molecule has 4 nitrogen and oxygen atoms in total. The molecule has 0 aliphatic heterocycles. The van der Waals surface area contributed by atoms with Crippen molar-refractivity contribution in [2.24, 2.45) is 0 Å². The minimum absolute atomic E-state index is 0.0496. The summed E-state index contributed by atoms with van der Waals surface area (Å²) in [7, 11) is 0. The summed E-state index contributed by atoms with van der Waals surface area (Å²) in [5.74, 6) is 0.700. The molecule has 3 aromatic carbocycles. The summed E-state index contributed by atoms with van der Waals surface area (Å²) >= 11 is 0. The van der Waals surface area contributed by atoms with E-state index in [0.717, 1.165) is 33.5 Å². The van der Waals surface area contributed by atoms with Crippen LogP contribution in [0.5, 0.6) is 0 Å². The maximum atomic E-state index is 12.3. The van der Waals surface area contributed by atoms with Crippen molar-refractivity contribution in [3.05, 3.63) is 112 Å². The molecule has 0 saturated carbocycles. The van der Waals surface area contributed by atoms with Gasteiger partial charge < -0.3 is 0 Å². The van der Waals surface area contributed by atoms with Crippen LogP contribution in [-0.4, -0.2) is 9.55 Å². The zero-order valence-electron chi connectivity index (χ0n) is 17.0. The average molecular weight is 391 g/mol. The van der Waals surface area contributed by atoms with Gasteiger partial charge in [0.2, 0.25) is 0 Å². The SMILES string of the molecule is Cc1cc(=O)n(Cc2ccc(-c3cc(-c4ccccc4)ccc3C#N)cc2)c(C)n1. The lowest BCUT2D eigenvalue weighted by molar-refractivity contribution is 0.694. The first-order valence-corrected chi connectivity index (χ1v) is 9.79. The molecule has 0 saturated heterocycles. The van der Waals surface area contributed by atoms with E-state index in [0.29, 0.717) is 17.9 Å². The number of hydrogen-bond donors (Lipinski definition) is 0. The standard InChI is InChI=1S/C26H21N3O/c1-18-14-26(30)29(19(2)28-18)17-20-8-10-22(11-9-20)25-15-23(12-13-24(25)16-27)21-6-4-3-5-7-21/h3-15H,17H2,1-2H3. The third kappa shape index (κ3) is 3.92. The molecule has 0 aliphatic rings. The number of aryl methyl sites for hydroxylation is 2. The molecule has 0 bridgehead atoms. The molecule has 1 aromatic heterocycles. The van der Waals surface area contributed by atoms with Crippen molar-refractivity contribution in [2.75, 3.05) is 0 Å². The van der Waals surface area contributed by atoms with Gasteiger partial charge in [0.25, 0.3) is 5.56 Å². The van der Waals surface area contributed by atoms with Gasteiger partial charge in [0, 0.05) is 17.3 Å². The lowest BCUT2D eigenvalue weighted by Gasteiger charge is -2.12. The van der Waals surface area contributed by atoms with Gasteiger partial charge in [-0.2, -0.15) is 5.26 Å². The summed E-state index contributed by atoms with van der Waals surface area (Å²) in [6.07, 6.45) is 0. The van der Waals surface area contributed by atoms with Crippen LogP contribution in [0.4, 0.5) is 0 Å². The minimum Gasteiger partial charge on any atom is -0.292 e. The van der Waals surface area contributed by atoms with Gasteiger partial charge in [-0.25, -0.2) is 4.98 Å². The van der Waals surface area contributed by atoms with E-state index in [2.05, 4.69) is 29.3 Å². The Bertz CT molecular complexity index is 1300. The van der Waals surface area contributed by atoms with Gasteiger partial charge in [-0.15, -0.1) is 0 Å². The molecule has 0 atom stereocenters. The Kier molecular flexibility index (Phi) is 5.28. The quantitative estimate of drug-likeness (QED) is 0.485. The Morgan fingerprint density at radius 1 is 0.867 bits per heavy atom. The van der Waals surface area contributed by atoms with Crippen LogP contribution in [-0.2, 0) is 6.54 Å². The Labute approximate surface area is 175 Å². The van der Waals surface area contributed by atoms with E-state index in [1.807, 2.05) is 68.4 Å². The summed E-state index contributed by atoms with van der Waals surface area (Å²) in [5.41, 5.74) is 6.38. The van der Waals surface area contributed by atoms with Crippen LogP contribution in [0.2, 0.25) is 0 Å². The first kappa shape index (κ1) is 19.4. The van der Waals surface area contributed by atoms with Gasteiger partial charge in [-0.1, -0.05) is 60.7 Å². The fraction of sp³-hybridized carbons (Fsp3) is 0.115. The van der Waals surface area contributed by atoms with Gasteiger partial charge in [0.15, 0.2) is 0 Å². The van der Waals surface area contributed by atoms with E-state index < -0.39 is 0 Å². The minimum atomic E-state index is -0.0496. The molecule has 1 heterocycles. The molecule has 0 radical (unpaired) electrons. The molecule has 0 fully saturated rings. The summed E-state index contributed by atoms with van der Waals surface area (Å²) in [6.45, 7) is 4.13. The summed E-state index contributed by atoms with van der Waals surface area (Å²) in [4.78, 5) is 16.7. The number of rotatable bonds is 4. The maximum absolute atomic E-state index is 12.3. The zero-order valence-corrected chi connectivity index (χ0v) is 17.0. The predicted molar refractivity (Wildman–Crippen MR) is 119 cm³/mol. The second kappa shape index (κ2) is 8.18. The van der Waals surface area contributed by atoms with E-state index >= 15 is 0 Å². The second-order valence-corrected chi connectivity index (χ2v) is 7.30. The van der Waals surface area contributed by atoms with E-state index in [9.17, 15) is 10.1 Å². The summed E-state index contributed by atoms with van der Waals surface area (Å²) < 4.78 is 1.67. The monoisotopic (exact) mass is 391 g/mol. The van der Waals surface area contributed by atoms with Crippen LogP contribution in [0.1, 0.15) is 22.6 Å². The lowest BCUT2D eigenvalue weighted by Crippen LogP contribution is -2.24. The largest absolute Gasteiger partial charge is 0.292 e. The van der Waals surface area contributed by atoms with Crippen LogP contribution >= 0.6 is 0 Å². The zero-order chi connectivity index (χ0) is 21.1. The van der Waals surface area contributed by atoms with Gasteiger partial charge in [0.1, 0.15) is 5.82 Å². The molecule has 0 unspecified atom stereocenters. The van der Waals surface area contributed by atoms with Crippen LogP contribution in [0.15, 0.2) is 83.7 Å². The Hall–Kier alpha value is -3.97. The first-order valence-electron chi connectivity index (χ1n) is 9.79. The lowest BCUT2D eigenvalue weighted by atomic mass is 9.94. The first-order chi connectivity index (χ1) is 14.5. The van der Waals surface area contributed by atoms with Crippen LogP contribution in [0.25, 0.3) is 22.3 Å². The predicted octanol–water partition coefficient (Wildman–Crippen LogP) is 5.11. The highest BCUT2D eigenvalue weighted by atomic mass is 16.1. The highest BCUT2D eigenvalue weighted by molar-refractivity contribution is 5.77. The topological polar surface area (TPSA) is 58.7 Å². The Morgan fingerprint density at radius 3 is 2.23 bits per heavy atom. The van der Waals surface area contributed by atoms with Crippen molar-refractivity contribution in [3.8, 4) is 28.3 Å². The van der Waals surface area contributed by atoms with Crippen LogP contribution in [0.3, 0.4) is 0 Å². The van der Waals surface area contributed by atoms with Gasteiger partial charge in [-0.3, -0.25) is 9.36 Å². The number of benzene rings is 3. The number of aromatic nitrogens is 2. The molecule has 4 rings (SSSR count). The van der Waals surface area contributed by atoms with E-state index in [4.69, 9.17) is 0 Å². The van der Waals surface area contributed by atoms with Crippen molar-refractivity contribution < 1.29 is 0 Å². The number of nitrogens with zero attached hydrogens (tertiary/aromatic N) is 3. The molecule has 0 aliphatic carbocycles. The summed E-state index contributed by atoms with van der Waals surface area (Å²) in [5, 5.41) is 9.58. The van der Waals surface area contributed by atoms with Crippen molar-refractivity contribution in [1.29, 1.82) is 5.26 Å². The molecule has 0 N–H and O–H groups in total. The average Bonchev–Trinajstić information content (AvgIpc) is 2.77. The fourth-order valence-electron chi connectivity index (χ4n) is 3.62. The van der Waals surface area contributed by atoms with Crippen molar-refractivity contribution in [1.82, 2.24) is 9.55 Å². The highest BCUT2D eigenvalue weighted by Crippen LogP contribution is 2.29. The van der Waals surface area contributed by atoms with Gasteiger partial charge in [0.05, 0.1) is 18.2 Å². The molecule has 146 valence electrons. The van der Waals surface area contributed by atoms with Gasteiger partial charge >= 0.3 is 0 Å². The molecular weight excluding hydrogens is 370 g/mol. The van der Waals surface area contributed by atoms with E-state index in [1.54, 1.807) is 10.6 Å². The maximum Gasteiger partial charge on any atom is 0.254 e. The number of hydrogen-bond acceptors (Lipinski definition) is 3. The van der Waals surface area contributed by atoms with Crippen molar-refractivity contribution >= 4 is 0 Å².